The van der Waals surface area contributed by atoms with Crippen LogP contribution < -0.4 is 20.7 Å². The largest absolute Gasteiger partial charge is 0.497 e. The van der Waals surface area contributed by atoms with Crippen molar-refractivity contribution in [3.63, 3.8) is 0 Å². The molecule has 0 radical (unpaired) electrons. The Morgan fingerprint density at radius 3 is 1.72 bits per heavy atom. The number of nitrogens with one attached hydrogen (secondary N) is 1. The molecule has 4 aromatic rings. The predicted octanol–water partition coefficient (Wildman–Crippen LogP) is 8.72. The molecule has 0 amide bonds. The van der Waals surface area contributed by atoms with Gasteiger partial charge >= 0.3 is 5.69 Å². The van der Waals surface area contributed by atoms with Crippen LogP contribution in [0.4, 0.5) is 8.78 Å². The average Bonchev–Trinajstić information content (AvgIpc) is 3.42. The molecule has 0 aliphatic carbocycles. The molecule has 10 nitrogen and oxygen atoms in total. The lowest BCUT2D eigenvalue weighted by atomic mass is 9.79. The van der Waals surface area contributed by atoms with E-state index in [1.165, 1.54) is 0 Å². The molecule has 1 fully saturated rings. The van der Waals surface area contributed by atoms with Gasteiger partial charge < -0.3 is 27.8 Å². The van der Waals surface area contributed by atoms with Gasteiger partial charge in [-0.25, -0.2) is 9.18 Å². The van der Waals surface area contributed by atoms with Crippen LogP contribution in [0.15, 0.2) is 94.6 Å². The average molecular weight is 825 g/mol. The third-order valence-corrected chi connectivity index (χ3v) is 21.0. The number of nitrogens with zero attached hydrogens (tertiary/aromatic N) is 1. The minimum absolute atomic E-state index is 0.184. The Labute approximate surface area is 336 Å². The molecule has 4 atom stereocenters. The van der Waals surface area contributed by atoms with Crippen LogP contribution in [0.3, 0.4) is 0 Å². The van der Waals surface area contributed by atoms with Crippen molar-refractivity contribution >= 4 is 16.6 Å². The van der Waals surface area contributed by atoms with Crippen molar-refractivity contribution in [1.29, 1.82) is 0 Å². The quantitative estimate of drug-likeness (QED) is 0.0994. The highest BCUT2D eigenvalue weighted by atomic mass is 28.4. The molecule has 1 aromatic heterocycles. The Kier molecular flexibility index (Phi) is 12.7. The first-order valence-electron chi connectivity index (χ1n) is 19.1. The molecule has 1 aliphatic heterocycles. The van der Waals surface area contributed by atoms with Crippen molar-refractivity contribution in [1.82, 2.24) is 9.55 Å². The maximum atomic E-state index is 17.6. The molecule has 1 aliphatic rings. The zero-order valence-corrected chi connectivity index (χ0v) is 37.2. The van der Waals surface area contributed by atoms with E-state index in [1.54, 1.807) is 14.2 Å². The van der Waals surface area contributed by atoms with E-state index in [0.29, 0.717) is 17.7 Å². The molecule has 0 spiro atoms. The SMILES string of the molecule is COc1ccc(C(OC[C@]2(CO[Si](C)(C)C(C)(C)C)O[C@@H](n3cc(F)c(=O)[nH]c3=O)[C@@H](F)[C@@H]2O[Si](C)(C)C(C)(C)C)(c2ccccc2)c2ccc(OC)cc2)cc1. The van der Waals surface area contributed by atoms with Gasteiger partial charge in [0.1, 0.15) is 28.8 Å². The smallest absolute Gasteiger partial charge is 0.330 e. The highest BCUT2D eigenvalue weighted by Gasteiger charge is 2.62. The summed E-state index contributed by atoms with van der Waals surface area (Å²) in [6.07, 6.45) is -4.42. The van der Waals surface area contributed by atoms with Gasteiger partial charge in [-0.3, -0.25) is 14.3 Å². The van der Waals surface area contributed by atoms with E-state index in [1.807, 2.05) is 118 Å². The number of ether oxygens (including phenoxy) is 4. The highest BCUT2D eigenvalue weighted by molar-refractivity contribution is 6.74. The Morgan fingerprint density at radius 2 is 1.25 bits per heavy atom. The second-order valence-corrected chi connectivity index (χ2v) is 27.4. The molecule has 0 saturated carbocycles. The van der Waals surface area contributed by atoms with Gasteiger partial charge in [-0.15, -0.1) is 0 Å². The summed E-state index contributed by atoms with van der Waals surface area (Å²) in [5.74, 6) is 0.0114. The van der Waals surface area contributed by atoms with Crippen LogP contribution in [0, 0.1) is 5.82 Å². The second-order valence-electron chi connectivity index (χ2n) is 17.8. The molecular formula is C43H58F2N2O8Si2. The molecule has 1 saturated heterocycles. The Balaban J connectivity index is 1.79. The van der Waals surface area contributed by atoms with Crippen LogP contribution in [0.25, 0.3) is 0 Å². The first kappa shape index (κ1) is 44.2. The number of halogens is 2. The van der Waals surface area contributed by atoms with E-state index in [2.05, 4.69) is 33.9 Å². The van der Waals surface area contributed by atoms with Crippen LogP contribution >= 0.6 is 0 Å². The number of rotatable bonds is 14. The zero-order valence-electron chi connectivity index (χ0n) is 35.2. The summed E-state index contributed by atoms with van der Waals surface area (Å²) >= 11 is 0. The summed E-state index contributed by atoms with van der Waals surface area (Å²) in [7, 11) is -2.24. The van der Waals surface area contributed by atoms with Gasteiger partial charge in [-0.2, -0.15) is 4.39 Å². The van der Waals surface area contributed by atoms with Crippen molar-refractivity contribution in [3.05, 3.63) is 128 Å². The van der Waals surface area contributed by atoms with Crippen LogP contribution in [0.1, 0.15) is 64.5 Å². The van der Waals surface area contributed by atoms with Gasteiger partial charge in [-0.1, -0.05) is 96.1 Å². The lowest BCUT2D eigenvalue weighted by Crippen LogP contribution is -2.59. The van der Waals surface area contributed by atoms with E-state index in [-0.39, 0.29) is 23.3 Å². The molecule has 14 heteroatoms. The molecule has 310 valence electrons. The van der Waals surface area contributed by atoms with Gasteiger partial charge in [0, 0.05) is 0 Å². The van der Waals surface area contributed by atoms with Gasteiger partial charge in [0.2, 0.25) is 5.82 Å². The van der Waals surface area contributed by atoms with Crippen LogP contribution in [0.5, 0.6) is 11.5 Å². The van der Waals surface area contributed by atoms with E-state index in [0.717, 1.165) is 21.3 Å². The summed E-state index contributed by atoms with van der Waals surface area (Å²) in [6.45, 7) is 20.1. The first-order chi connectivity index (χ1) is 26.5. The van der Waals surface area contributed by atoms with Gasteiger partial charge in [0.05, 0.1) is 33.6 Å². The number of aromatic nitrogens is 2. The van der Waals surface area contributed by atoms with Crippen molar-refractivity contribution in [2.75, 3.05) is 27.4 Å². The summed E-state index contributed by atoms with van der Waals surface area (Å²) in [5.41, 5.74) is -3.11. The summed E-state index contributed by atoms with van der Waals surface area (Å²) < 4.78 is 72.5. The zero-order chi connectivity index (χ0) is 42.2. The number of hydrogen-bond acceptors (Lipinski definition) is 8. The summed E-state index contributed by atoms with van der Waals surface area (Å²) in [4.78, 5) is 27.4. The van der Waals surface area contributed by atoms with Crippen molar-refractivity contribution in [2.45, 2.75) is 108 Å². The Bertz CT molecular complexity index is 2050. The number of aromatic amines is 1. The fraction of sp³-hybridized carbons (Fsp3) is 0.488. The van der Waals surface area contributed by atoms with Crippen LogP contribution in [-0.2, 0) is 23.9 Å². The topological polar surface area (TPSA) is 110 Å². The number of H-pyrrole nitrogens is 1. The van der Waals surface area contributed by atoms with Gasteiger partial charge in [-0.05, 0) is 77.2 Å². The minimum Gasteiger partial charge on any atom is -0.497 e. The number of benzene rings is 3. The van der Waals surface area contributed by atoms with Gasteiger partial charge in [0.15, 0.2) is 29.0 Å². The highest BCUT2D eigenvalue weighted by Crippen LogP contribution is 2.50. The van der Waals surface area contributed by atoms with Crippen molar-refractivity contribution in [3.8, 4) is 11.5 Å². The lowest BCUT2D eigenvalue weighted by molar-refractivity contribution is -0.174. The lowest BCUT2D eigenvalue weighted by Gasteiger charge is -2.46. The Hall–Kier alpha value is -3.93. The third-order valence-electron chi connectivity index (χ3n) is 12.1. The first-order valence-corrected chi connectivity index (χ1v) is 25.0. The fourth-order valence-corrected chi connectivity index (χ4v) is 8.81. The maximum Gasteiger partial charge on any atom is 0.330 e. The third kappa shape index (κ3) is 8.76. The monoisotopic (exact) mass is 824 g/mol. The van der Waals surface area contributed by atoms with Crippen LogP contribution in [0.2, 0.25) is 36.3 Å². The predicted molar refractivity (Wildman–Crippen MR) is 223 cm³/mol. The minimum atomic E-state index is -2.83. The van der Waals surface area contributed by atoms with Crippen molar-refractivity contribution in [2.24, 2.45) is 0 Å². The van der Waals surface area contributed by atoms with Crippen molar-refractivity contribution < 1.29 is 36.6 Å². The van der Waals surface area contributed by atoms with E-state index < -0.39 is 63.4 Å². The molecule has 0 bridgehead atoms. The van der Waals surface area contributed by atoms with Crippen LogP contribution in [-0.4, -0.2) is 71.5 Å². The van der Waals surface area contributed by atoms with Gasteiger partial charge in [0.25, 0.3) is 5.56 Å². The van der Waals surface area contributed by atoms with E-state index in [9.17, 15) is 14.0 Å². The van der Waals surface area contributed by atoms with E-state index >= 15 is 4.39 Å². The molecule has 0 unspecified atom stereocenters. The number of hydrogen-bond donors (Lipinski definition) is 1. The molecular weight excluding hydrogens is 767 g/mol. The summed E-state index contributed by atoms with van der Waals surface area (Å²) in [6, 6.07) is 24.7. The Morgan fingerprint density at radius 1 is 0.754 bits per heavy atom. The fourth-order valence-electron chi connectivity index (χ4n) is 6.44. The standard InChI is InChI=1S/C43H58F2N2O8Si2/c1-40(2,3)56(9,10)53-28-42(36(55-57(11,12)41(4,5)6)35(45)38(54-42)47-26-34(44)37(48)46-39(47)49)27-52-43(29-16-14-13-15-17-29,30-18-22-32(50-7)23-19-30)31-20-24-33(51-8)25-21-31/h13-26,35-36,38H,27-28H2,1-12H3,(H,46,48,49)/t35-,36-,38+,42+/m0/s1. The van der Waals surface area contributed by atoms with E-state index in [4.69, 9.17) is 27.8 Å². The summed E-state index contributed by atoms with van der Waals surface area (Å²) in [5, 5.41) is -0.629. The molecule has 2 heterocycles. The molecule has 1 N–H and O–H groups in total. The molecule has 57 heavy (non-hydrogen) atoms. The molecule has 3 aromatic carbocycles. The normalized spacial score (nSPS) is 20.8. The molecule has 5 rings (SSSR count). The number of methoxy groups -OCH3 is 2. The number of alkyl halides is 1. The maximum absolute atomic E-state index is 17.6. The second kappa shape index (κ2) is 16.4.